The Labute approximate surface area is 136 Å². The third-order valence-corrected chi connectivity index (χ3v) is 4.74. The van der Waals surface area contributed by atoms with Crippen LogP contribution in [0.2, 0.25) is 5.02 Å². The van der Waals surface area contributed by atoms with Crippen molar-refractivity contribution in [3.05, 3.63) is 51.5 Å². The highest BCUT2D eigenvalue weighted by Crippen LogP contribution is 2.36. The molecule has 0 radical (unpaired) electrons. The lowest BCUT2D eigenvalue weighted by molar-refractivity contribution is 0.395. The van der Waals surface area contributed by atoms with Gasteiger partial charge in [-0.05, 0) is 47.1 Å². The Balaban J connectivity index is 2.46. The molecule has 0 heterocycles. The maximum Gasteiger partial charge on any atom is 0.343 e. The first kappa shape index (κ1) is 16.1. The maximum atomic E-state index is 12.4. The number of benzene rings is 2. The molecule has 4 nitrogen and oxygen atoms in total. The first-order valence-corrected chi connectivity index (χ1v) is 8.45. The van der Waals surface area contributed by atoms with E-state index in [1.807, 2.05) is 6.92 Å². The summed E-state index contributed by atoms with van der Waals surface area (Å²) in [5, 5.41) is 0.258. The van der Waals surface area contributed by atoms with Crippen LogP contribution in [0.25, 0.3) is 0 Å². The molecule has 0 unspecified atom stereocenters. The fraction of sp³-hybridized carbons (Fsp3) is 0.143. The minimum Gasteiger partial charge on any atom is -0.494 e. The molecule has 0 amide bonds. The zero-order valence-corrected chi connectivity index (χ0v) is 14.4. The summed E-state index contributed by atoms with van der Waals surface area (Å²) in [7, 11) is -2.68. The van der Waals surface area contributed by atoms with E-state index in [9.17, 15) is 8.42 Å². The van der Waals surface area contributed by atoms with Crippen LogP contribution in [-0.2, 0) is 10.1 Å². The normalized spacial score (nSPS) is 11.2. The fourth-order valence-electron chi connectivity index (χ4n) is 1.69. The van der Waals surface area contributed by atoms with Gasteiger partial charge in [-0.3, -0.25) is 0 Å². The standard InChI is InChI=1S/C14H12BrClO4S/c1-9-3-5-11(6-4-9)20-21(17,18)13-8-10(16)7-12(15)14(13)19-2/h3-8H,1-2H3. The van der Waals surface area contributed by atoms with Gasteiger partial charge in [0.2, 0.25) is 0 Å². The van der Waals surface area contributed by atoms with Crippen LogP contribution in [0.15, 0.2) is 45.8 Å². The summed E-state index contributed by atoms with van der Waals surface area (Å²) in [4.78, 5) is -0.134. The molecule has 0 saturated heterocycles. The van der Waals surface area contributed by atoms with Crippen LogP contribution in [0.1, 0.15) is 5.56 Å². The lowest BCUT2D eigenvalue weighted by Gasteiger charge is -2.12. The largest absolute Gasteiger partial charge is 0.494 e. The number of halogens is 2. The minimum absolute atomic E-state index is 0.134. The van der Waals surface area contributed by atoms with Crippen molar-refractivity contribution < 1.29 is 17.3 Å². The van der Waals surface area contributed by atoms with Crippen molar-refractivity contribution in [3.63, 3.8) is 0 Å². The number of ether oxygens (including phenoxy) is 1. The second kappa shape index (κ2) is 6.25. The van der Waals surface area contributed by atoms with Gasteiger partial charge >= 0.3 is 10.1 Å². The first-order chi connectivity index (χ1) is 9.83. The van der Waals surface area contributed by atoms with Gasteiger partial charge in [-0.2, -0.15) is 8.42 Å². The minimum atomic E-state index is -4.05. The Bertz CT molecular complexity index is 757. The molecule has 2 aromatic rings. The molecule has 0 fully saturated rings. The van der Waals surface area contributed by atoms with Crippen LogP contribution in [0.4, 0.5) is 0 Å². The van der Waals surface area contributed by atoms with Crippen molar-refractivity contribution in [2.45, 2.75) is 11.8 Å². The average Bonchev–Trinajstić information content (AvgIpc) is 2.40. The predicted octanol–water partition coefficient (Wildman–Crippen LogP) is 4.19. The second-order valence-corrected chi connectivity index (χ2v) is 7.08. The molecule has 0 aromatic heterocycles. The van der Waals surface area contributed by atoms with E-state index in [4.69, 9.17) is 20.5 Å². The highest BCUT2D eigenvalue weighted by molar-refractivity contribution is 9.10. The molecule has 0 aliphatic heterocycles. The summed E-state index contributed by atoms with van der Waals surface area (Å²) < 4.78 is 35.4. The summed E-state index contributed by atoms with van der Waals surface area (Å²) in [6.07, 6.45) is 0. The quantitative estimate of drug-likeness (QED) is 0.733. The van der Waals surface area contributed by atoms with E-state index in [1.165, 1.54) is 13.2 Å². The topological polar surface area (TPSA) is 52.6 Å². The van der Waals surface area contributed by atoms with Crippen LogP contribution in [0.5, 0.6) is 11.5 Å². The van der Waals surface area contributed by atoms with E-state index in [0.29, 0.717) is 4.47 Å². The van der Waals surface area contributed by atoms with Gasteiger partial charge in [0.15, 0.2) is 10.6 Å². The van der Waals surface area contributed by atoms with Crippen molar-refractivity contribution in [3.8, 4) is 11.5 Å². The van der Waals surface area contributed by atoms with Crippen LogP contribution in [0.3, 0.4) is 0 Å². The highest BCUT2D eigenvalue weighted by atomic mass is 79.9. The molecule has 0 saturated carbocycles. The second-order valence-electron chi connectivity index (χ2n) is 4.27. The van der Waals surface area contributed by atoms with Crippen LogP contribution >= 0.6 is 27.5 Å². The average molecular weight is 392 g/mol. The number of methoxy groups -OCH3 is 1. The molecular weight excluding hydrogens is 380 g/mol. The van der Waals surface area contributed by atoms with Gasteiger partial charge in [0.1, 0.15) is 5.75 Å². The van der Waals surface area contributed by atoms with Crippen molar-refractivity contribution in [1.82, 2.24) is 0 Å². The Hall–Kier alpha value is -1.24. The third-order valence-electron chi connectivity index (χ3n) is 2.67. The van der Waals surface area contributed by atoms with Crippen molar-refractivity contribution in [2.75, 3.05) is 7.11 Å². The maximum absolute atomic E-state index is 12.4. The molecule has 0 bridgehead atoms. The van der Waals surface area contributed by atoms with E-state index in [1.54, 1.807) is 30.3 Å². The number of aryl methyl sites for hydroxylation is 1. The predicted molar refractivity (Wildman–Crippen MR) is 84.7 cm³/mol. The SMILES string of the molecule is COc1c(Br)cc(Cl)cc1S(=O)(=O)Oc1ccc(C)cc1. The van der Waals surface area contributed by atoms with E-state index in [2.05, 4.69) is 15.9 Å². The number of hydrogen-bond donors (Lipinski definition) is 0. The Morgan fingerprint density at radius 3 is 2.33 bits per heavy atom. The van der Waals surface area contributed by atoms with E-state index in [-0.39, 0.29) is 21.4 Å². The van der Waals surface area contributed by atoms with Crippen molar-refractivity contribution >= 4 is 37.6 Å². The van der Waals surface area contributed by atoms with Gasteiger partial charge in [-0.1, -0.05) is 29.3 Å². The smallest absolute Gasteiger partial charge is 0.343 e. The first-order valence-electron chi connectivity index (χ1n) is 5.87. The van der Waals surface area contributed by atoms with E-state index >= 15 is 0 Å². The molecule has 0 spiro atoms. The monoisotopic (exact) mass is 390 g/mol. The number of hydrogen-bond acceptors (Lipinski definition) is 4. The molecule has 21 heavy (non-hydrogen) atoms. The molecule has 0 N–H and O–H groups in total. The van der Waals surface area contributed by atoms with Gasteiger partial charge in [0.05, 0.1) is 11.6 Å². The summed E-state index contributed by atoms with van der Waals surface area (Å²) >= 11 is 9.12. The molecule has 0 atom stereocenters. The Kier molecular flexibility index (Phi) is 4.81. The molecule has 0 aliphatic rings. The van der Waals surface area contributed by atoms with Crippen molar-refractivity contribution in [2.24, 2.45) is 0 Å². The van der Waals surface area contributed by atoms with E-state index < -0.39 is 10.1 Å². The molecule has 2 rings (SSSR count). The van der Waals surface area contributed by atoms with Gasteiger partial charge in [0.25, 0.3) is 0 Å². The summed E-state index contributed by atoms with van der Waals surface area (Å²) in [5.74, 6) is 0.366. The summed E-state index contributed by atoms with van der Waals surface area (Å²) in [6, 6.07) is 9.52. The van der Waals surface area contributed by atoms with Gasteiger partial charge in [0, 0.05) is 5.02 Å². The highest BCUT2D eigenvalue weighted by Gasteiger charge is 2.24. The molecular formula is C14H12BrClO4S. The zero-order valence-electron chi connectivity index (χ0n) is 11.3. The summed E-state index contributed by atoms with van der Waals surface area (Å²) in [6.45, 7) is 1.90. The van der Waals surface area contributed by atoms with Crippen LogP contribution in [0, 0.1) is 6.92 Å². The molecule has 112 valence electrons. The lowest BCUT2D eigenvalue weighted by atomic mass is 10.2. The van der Waals surface area contributed by atoms with Gasteiger partial charge < -0.3 is 8.92 Å². The Morgan fingerprint density at radius 2 is 1.76 bits per heavy atom. The Morgan fingerprint density at radius 1 is 1.14 bits per heavy atom. The van der Waals surface area contributed by atoms with Crippen LogP contribution < -0.4 is 8.92 Å². The third kappa shape index (κ3) is 3.70. The van der Waals surface area contributed by atoms with Crippen molar-refractivity contribution in [1.29, 1.82) is 0 Å². The van der Waals surface area contributed by atoms with Crippen LogP contribution in [-0.4, -0.2) is 15.5 Å². The summed E-state index contributed by atoms with van der Waals surface area (Å²) in [5.41, 5.74) is 1.00. The lowest BCUT2D eigenvalue weighted by Crippen LogP contribution is -2.11. The van der Waals surface area contributed by atoms with Gasteiger partial charge in [-0.15, -0.1) is 0 Å². The zero-order chi connectivity index (χ0) is 15.6. The van der Waals surface area contributed by atoms with E-state index in [0.717, 1.165) is 5.56 Å². The van der Waals surface area contributed by atoms with Gasteiger partial charge in [-0.25, -0.2) is 0 Å². The number of rotatable bonds is 4. The fourth-order valence-corrected chi connectivity index (χ4v) is 4.00. The molecule has 7 heteroatoms. The molecule has 2 aromatic carbocycles. The molecule has 0 aliphatic carbocycles.